The Morgan fingerprint density at radius 3 is 1.96 bits per heavy atom. The Morgan fingerprint density at radius 2 is 1.46 bits per heavy atom. The van der Waals surface area contributed by atoms with Crippen LogP contribution in [0.25, 0.3) is 0 Å². The SMILES string of the molecule is CCCCCCCCCCCCCC=CC=CC1=C(C(=O)O)O1.[Cu]. The van der Waals surface area contributed by atoms with Crippen LogP contribution in [0.3, 0.4) is 0 Å². The molecule has 1 rings (SSSR count). The van der Waals surface area contributed by atoms with Gasteiger partial charge in [0.2, 0.25) is 0 Å². The second-order valence-corrected chi connectivity index (χ2v) is 6.21. The van der Waals surface area contributed by atoms with E-state index in [4.69, 9.17) is 9.84 Å². The summed E-state index contributed by atoms with van der Waals surface area (Å²) in [6, 6.07) is 0. The molecular formula is C20H32CuO3. The molecule has 0 aromatic rings. The van der Waals surface area contributed by atoms with Crippen molar-refractivity contribution in [3.8, 4) is 0 Å². The fraction of sp³-hybridized carbons (Fsp3) is 0.650. The molecule has 3 nitrogen and oxygen atoms in total. The normalized spacial score (nSPS) is 13.4. The van der Waals surface area contributed by atoms with Gasteiger partial charge in [0, 0.05) is 17.1 Å². The van der Waals surface area contributed by atoms with E-state index in [0.29, 0.717) is 5.76 Å². The van der Waals surface area contributed by atoms with E-state index in [2.05, 4.69) is 13.0 Å². The first-order valence-corrected chi connectivity index (χ1v) is 9.24. The number of carboxylic acid groups (broad SMARTS) is 1. The summed E-state index contributed by atoms with van der Waals surface area (Å²) in [4.78, 5) is 10.5. The molecule has 0 amide bonds. The second kappa shape index (κ2) is 15.5. The van der Waals surface area contributed by atoms with Crippen molar-refractivity contribution in [3.63, 3.8) is 0 Å². The smallest absolute Gasteiger partial charge is 0.375 e. The number of rotatable bonds is 15. The van der Waals surface area contributed by atoms with Crippen LogP contribution in [0.1, 0.15) is 84.0 Å². The molecule has 1 radical (unpaired) electrons. The van der Waals surface area contributed by atoms with Crippen LogP contribution in [0, 0.1) is 0 Å². The van der Waals surface area contributed by atoms with Gasteiger partial charge in [0.05, 0.1) is 0 Å². The van der Waals surface area contributed by atoms with E-state index in [1.807, 2.05) is 12.2 Å². The van der Waals surface area contributed by atoms with Gasteiger partial charge in [0.15, 0.2) is 5.76 Å². The molecule has 24 heavy (non-hydrogen) atoms. The summed E-state index contributed by atoms with van der Waals surface area (Å²) in [5.41, 5.74) is 0. The maximum atomic E-state index is 10.5. The fourth-order valence-electron chi connectivity index (χ4n) is 2.59. The molecule has 0 saturated carbocycles. The second-order valence-electron chi connectivity index (χ2n) is 6.21. The Morgan fingerprint density at radius 1 is 0.917 bits per heavy atom. The van der Waals surface area contributed by atoms with Gasteiger partial charge in [-0.25, -0.2) is 4.79 Å². The van der Waals surface area contributed by atoms with Crippen molar-refractivity contribution in [1.82, 2.24) is 0 Å². The number of hydrogen-bond acceptors (Lipinski definition) is 2. The first-order valence-electron chi connectivity index (χ1n) is 9.24. The Bertz CT molecular complexity index is 425. The Labute approximate surface area is 157 Å². The molecule has 0 aliphatic carbocycles. The first kappa shape index (κ1) is 23.0. The van der Waals surface area contributed by atoms with Gasteiger partial charge in [-0.2, -0.15) is 0 Å². The Kier molecular flexibility index (Phi) is 14.9. The van der Waals surface area contributed by atoms with Gasteiger partial charge in [-0.05, 0) is 18.9 Å². The van der Waals surface area contributed by atoms with Gasteiger partial charge < -0.3 is 9.84 Å². The molecule has 0 saturated heterocycles. The summed E-state index contributed by atoms with van der Waals surface area (Å²) in [5.74, 6) is -0.452. The van der Waals surface area contributed by atoms with Gasteiger partial charge in [0.25, 0.3) is 5.76 Å². The van der Waals surface area contributed by atoms with Gasteiger partial charge in [-0.15, -0.1) is 0 Å². The minimum atomic E-state index is -0.991. The third kappa shape index (κ3) is 12.4. The predicted molar refractivity (Wildman–Crippen MR) is 95.1 cm³/mol. The zero-order valence-electron chi connectivity index (χ0n) is 14.9. The number of ether oxygens (including phenoxy) is 1. The molecule has 1 aliphatic rings. The number of aliphatic carboxylic acids is 1. The molecule has 0 unspecified atom stereocenters. The molecule has 0 fully saturated rings. The van der Waals surface area contributed by atoms with E-state index < -0.39 is 5.97 Å². The van der Waals surface area contributed by atoms with E-state index in [0.717, 1.165) is 6.42 Å². The average Bonchev–Trinajstić information content (AvgIpc) is 3.31. The molecular weight excluding hydrogens is 352 g/mol. The van der Waals surface area contributed by atoms with Gasteiger partial charge in [-0.3, -0.25) is 0 Å². The number of unbranched alkanes of at least 4 members (excludes halogenated alkanes) is 11. The summed E-state index contributed by atoms with van der Waals surface area (Å²) in [6.07, 6.45) is 23.8. The van der Waals surface area contributed by atoms with Crippen molar-refractivity contribution >= 4 is 5.97 Å². The van der Waals surface area contributed by atoms with Gasteiger partial charge >= 0.3 is 5.97 Å². The summed E-state index contributed by atoms with van der Waals surface area (Å²) in [5, 5.41) is 8.61. The minimum absolute atomic E-state index is 0. The standard InChI is InChI=1S/C20H32O3.Cu/c1-2-3-4-5-6-7-8-9-10-11-12-13-14-15-16-17-18-19(23-18)20(21)22;/h14-17H,2-13H2,1H3,(H,21,22);. The van der Waals surface area contributed by atoms with Crippen LogP contribution < -0.4 is 0 Å². The monoisotopic (exact) mass is 383 g/mol. The van der Waals surface area contributed by atoms with Crippen LogP contribution in [0.15, 0.2) is 35.8 Å². The number of allylic oxidation sites excluding steroid dienone is 4. The van der Waals surface area contributed by atoms with E-state index in [1.165, 1.54) is 70.6 Å². The van der Waals surface area contributed by atoms with Crippen molar-refractivity contribution < 1.29 is 31.7 Å². The molecule has 4 heteroatoms. The molecule has 1 N–H and O–H groups in total. The Hall–Kier alpha value is -0.991. The topological polar surface area (TPSA) is 49.8 Å². The molecule has 141 valence electrons. The van der Waals surface area contributed by atoms with Crippen molar-refractivity contribution in [2.45, 2.75) is 84.0 Å². The fourth-order valence-corrected chi connectivity index (χ4v) is 2.59. The molecule has 0 aromatic heterocycles. The van der Waals surface area contributed by atoms with E-state index in [9.17, 15) is 4.79 Å². The number of carboxylic acids is 1. The van der Waals surface area contributed by atoms with E-state index in [1.54, 1.807) is 6.08 Å². The summed E-state index contributed by atoms with van der Waals surface area (Å²) in [7, 11) is 0. The first-order chi connectivity index (χ1) is 11.3. The summed E-state index contributed by atoms with van der Waals surface area (Å²) < 4.78 is 4.81. The maximum absolute atomic E-state index is 10.5. The summed E-state index contributed by atoms with van der Waals surface area (Å²) >= 11 is 0. The quantitative estimate of drug-likeness (QED) is 0.210. The molecule has 0 aromatic carbocycles. The largest absolute Gasteiger partial charge is 0.475 e. The van der Waals surface area contributed by atoms with Crippen molar-refractivity contribution in [2.24, 2.45) is 0 Å². The maximum Gasteiger partial charge on any atom is 0.375 e. The van der Waals surface area contributed by atoms with Gasteiger partial charge in [0.1, 0.15) is 0 Å². The van der Waals surface area contributed by atoms with E-state index >= 15 is 0 Å². The Balaban J connectivity index is 0.00000529. The van der Waals surface area contributed by atoms with Crippen LogP contribution in [0.5, 0.6) is 0 Å². The van der Waals surface area contributed by atoms with Crippen LogP contribution in [0.4, 0.5) is 0 Å². The van der Waals surface area contributed by atoms with Crippen LogP contribution in [-0.4, -0.2) is 11.1 Å². The van der Waals surface area contributed by atoms with Crippen LogP contribution in [0.2, 0.25) is 0 Å². The number of carbonyl (C=O) groups is 1. The van der Waals surface area contributed by atoms with Gasteiger partial charge in [-0.1, -0.05) is 89.4 Å². The minimum Gasteiger partial charge on any atom is -0.475 e. The van der Waals surface area contributed by atoms with Crippen LogP contribution >= 0.6 is 0 Å². The molecule has 1 heterocycles. The molecule has 1 aliphatic heterocycles. The van der Waals surface area contributed by atoms with E-state index in [-0.39, 0.29) is 22.8 Å². The predicted octanol–water partition coefficient (Wildman–Crippen LogP) is 6.12. The number of hydrogen-bond donors (Lipinski definition) is 1. The molecule has 0 atom stereocenters. The zero-order valence-corrected chi connectivity index (χ0v) is 15.8. The average molecular weight is 384 g/mol. The van der Waals surface area contributed by atoms with Crippen molar-refractivity contribution in [3.05, 3.63) is 35.8 Å². The van der Waals surface area contributed by atoms with Crippen molar-refractivity contribution in [1.29, 1.82) is 0 Å². The van der Waals surface area contributed by atoms with Crippen LogP contribution in [-0.2, 0) is 26.6 Å². The third-order valence-corrected chi connectivity index (χ3v) is 4.06. The zero-order chi connectivity index (χ0) is 16.8. The van der Waals surface area contributed by atoms with Crippen molar-refractivity contribution in [2.75, 3.05) is 0 Å². The molecule has 0 spiro atoms. The summed E-state index contributed by atoms with van der Waals surface area (Å²) in [6.45, 7) is 2.26. The third-order valence-electron chi connectivity index (χ3n) is 4.06. The molecule has 0 bridgehead atoms.